The average molecular weight is 443 g/mol. The van der Waals surface area contributed by atoms with Gasteiger partial charge in [-0.2, -0.15) is 0 Å². The number of anilines is 1. The van der Waals surface area contributed by atoms with Gasteiger partial charge >= 0.3 is 0 Å². The van der Waals surface area contributed by atoms with Crippen LogP contribution in [-0.4, -0.2) is 34.7 Å². The Balaban J connectivity index is 1.47. The van der Waals surface area contributed by atoms with Crippen LogP contribution in [0.2, 0.25) is 0 Å². The van der Waals surface area contributed by atoms with E-state index in [1.165, 1.54) is 42.7 Å². The van der Waals surface area contributed by atoms with E-state index in [-0.39, 0.29) is 0 Å². The van der Waals surface area contributed by atoms with Crippen molar-refractivity contribution >= 4 is 22.2 Å². The molecule has 0 spiro atoms. The number of hydrogen-bond acceptors (Lipinski definition) is 8. The number of rotatable bonds is 7. The summed E-state index contributed by atoms with van der Waals surface area (Å²) in [5.74, 6) is 6.96. The number of thiazole rings is 1. The van der Waals surface area contributed by atoms with Gasteiger partial charge in [-0.3, -0.25) is 0 Å². The monoisotopic (exact) mass is 442 g/mol. The minimum absolute atomic E-state index is 0.298. The zero-order valence-corrected chi connectivity index (χ0v) is 19.4. The number of ether oxygens (including phenoxy) is 1. The van der Waals surface area contributed by atoms with Gasteiger partial charge in [0.05, 0.1) is 41.1 Å². The van der Waals surface area contributed by atoms with E-state index in [0.717, 1.165) is 48.0 Å². The first-order valence-electron chi connectivity index (χ1n) is 11.4. The van der Waals surface area contributed by atoms with Crippen LogP contribution in [0.25, 0.3) is 5.70 Å². The van der Waals surface area contributed by atoms with Crippen LogP contribution in [0.3, 0.4) is 0 Å². The lowest BCUT2D eigenvalue weighted by Gasteiger charge is -2.24. The third-order valence-electron chi connectivity index (χ3n) is 6.15. The molecule has 31 heavy (non-hydrogen) atoms. The number of nitrogens with two attached hydrogens (primary N) is 2. The molecule has 2 aliphatic carbocycles. The van der Waals surface area contributed by atoms with E-state index in [0.29, 0.717) is 24.0 Å². The Labute approximate surface area is 188 Å². The zero-order chi connectivity index (χ0) is 21.8. The first kappa shape index (κ1) is 21.9. The van der Waals surface area contributed by atoms with Crippen molar-refractivity contribution in [2.24, 2.45) is 11.6 Å². The van der Waals surface area contributed by atoms with Gasteiger partial charge in [0, 0.05) is 11.9 Å². The van der Waals surface area contributed by atoms with Gasteiger partial charge in [0.1, 0.15) is 5.75 Å². The maximum absolute atomic E-state index is 6.50. The summed E-state index contributed by atoms with van der Waals surface area (Å²) in [5.41, 5.74) is 10.6. The molecule has 2 aromatic heterocycles. The van der Waals surface area contributed by atoms with Gasteiger partial charge in [-0.05, 0) is 70.4 Å². The Morgan fingerprint density at radius 3 is 2.65 bits per heavy atom. The molecule has 2 heterocycles. The smallest absolute Gasteiger partial charge is 0.183 e. The molecule has 1 saturated carbocycles. The molecule has 0 aromatic carbocycles. The van der Waals surface area contributed by atoms with Crippen LogP contribution in [-0.2, 0) is 12.8 Å². The van der Waals surface area contributed by atoms with Crippen molar-refractivity contribution < 1.29 is 4.74 Å². The second kappa shape index (κ2) is 9.87. The number of nitrogens with zero attached hydrogens (tertiary/aromatic N) is 3. The molecule has 168 valence electrons. The molecule has 0 aliphatic heterocycles. The van der Waals surface area contributed by atoms with E-state index >= 15 is 0 Å². The van der Waals surface area contributed by atoms with Gasteiger partial charge in [-0.1, -0.05) is 6.42 Å². The maximum Gasteiger partial charge on any atom is 0.183 e. The van der Waals surface area contributed by atoms with Crippen molar-refractivity contribution in [2.75, 3.05) is 18.9 Å². The summed E-state index contributed by atoms with van der Waals surface area (Å²) in [6.45, 7) is 2.46. The van der Waals surface area contributed by atoms with Gasteiger partial charge in [0.15, 0.2) is 5.13 Å². The van der Waals surface area contributed by atoms with E-state index in [4.69, 9.17) is 26.3 Å². The highest BCUT2D eigenvalue weighted by Gasteiger charge is 2.19. The van der Waals surface area contributed by atoms with Crippen molar-refractivity contribution in [3.05, 3.63) is 39.8 Å². The molecule has 8 heteroatoms. The highest BCUT2D eigenvalue weighted by Crippen LogP contribution is 2.30. The van der Waals surface area contributed by atoms with Crippen molar-refractivity contribution in [1.82, 2.24) is 15.0 Å². The van der Waals surface area contributed by atoms with E-state index in [1.807, 2.05) is 19.1 Å². The number of nitrogens with one attached hydrogen (secondary N) is 1. The normalized spacial score (nSPS) is 17.6. The number of aryl methyl sites for hydroxylation is 3. The van der Waals surface area contributed by atoms with Crippen LogP contribution < -0.4 is 21.6 Å². The number of pyridine rings is 1. The lowest BCUT2D eigenvalue weighted by Crippen LogP contribution is -2.32. The average Bonchev–Trinajstić information content (AvgIpc) is 3.18. The Kier molecular flexibility index (Phi) is 6.97. The van der Waals surface area contributed by atoms with Gasteiger partial charge in [-0.25, -0.2) is 15.8 Å². The van der Waals surface area contributed by atoms with Crippen LogP contribution in [0.15, 0.2) is 17.8 Å². The number of likely N-dealkylation sites (N-methyl/N-ethyl adjacent to an activating group) is 1. The summed E-state index contributed by atoms with van der Waals surface area (Å²) in [5, 5.41) is 5.89. The number of fused-ring (bicyclic) bond motifs is 1. The molecule has 2 aliphatic rings. The number of hydrogen-bond donors (Lipinski definition) is 3. The van der Waals surface area contributed by atoms with E-state index in [9.17, 15) is 0 Å². The van der Waals surface area contributed by atoms with Crippen LogP contribution >= 0.6 is 11.3 Å². The van der Waals surface area contributed by atoms with Gasteiger partial charge in [-0.15, -0.1) is 11.3 Å². The molecule has 0 atom stereocenters. The lowest BCUT2D eigenvalue weighted by atomic mass is 9.98. The van der Waals surface area contributed by atoms with Gasteiger partial charge < -0.3 is 20.8 Å². The van der Waals surface area contributed by atoms with Crippen molar-refractivity contribution in [3.8, 4) is 5.75 Å². The molecular weight excluding hydrogens is 408 g/mol. The first-order valence-corrected chi connectivity index (χ1v) is 12.2. The zero-order valence-electron chi connectivity index (χ0n) is 18.6. The number of hydrazine groups is 1. The molecule has 0 saturated heterocycles. The van der Waals surface area contributed by atoms with E-state index in [2.05, 4.69) is 5.32 Å². The first-order chi connectivity index (χ1) is 15.0. The summed E-state index contributed by atoms with van der Waals surface area (Å²) in [6.07, 6.45) is 11.0. The Morgan fingerprint density at radius 2 is 1.94 bits per heavy atom. The summed E-state index contributed by atoms with van der Waals surface area (Å²) >= 11 is 1.74. The topological polar surface area (TPSA) is 102 Å². The SMILES string of the molecule is Cc1nc(/C(N)=C(\CNc2nc3c(s2)CCCC3)N(C)N)ccc1OC1CCCCC1. The molecule has 2 aromatic rings. The standard InChI is InChI=1S/C23H34N6OS/c1-15-20(30-16-8-4-3-5-9-16)13-12-18(27-15)22(24)19(29(2)25)14-26-23-28-17-10-6-7-11-21(17)31-23/h12-13,16H,3-11,14,24-25H2,1-2H3,(H,26,28)/b22-19-. The molecule has 0 radical (unpaired) electrons. The predicted molar refractivity (Wildman–Crippen MR) is 127 cm³/mol. The molecule has 0 amide bonds. The Morgan fingerprint density at radius 1 is 1.16 bits per heavy atom. The molecule has 1 fully saturated rings. The molecule has 5 N–H and O–H groups in total. The van der Waals surface area contributed by atoms with Crippen LogP contribution in [0.4, 0.5) is 5.13 Å². The molecular formula is C23H34N6OS. The summed E-state index contributed by atoms with van der Waals surface area (Å²) in [4.78, 5) is 10.9. The molecule has 4 rings (SSSR count). The minimum atomic E-state index is 0.298. The van der Waals surface area contributed by atoms with Crippen molar-refractivity contribution in [2.45, 2.75) is 70.8 Å². The highest BCUT2D eigenvalue weighted by atomic mass is 32.1. The van der Waals surface area contributed by atoms with Crippen LogP contribution in [0.5, 0.6) is 5.75 Å². The quantitative estimate of drug-likeness (QED) is 0.440. The lowest BCUT2D eigenvalue weighted by molar-refractivity contribution is 0.153. The van der Waals surface area contributed by atoms with Gasteiger partial charge in [0.25, 0.3) is 0 Å². The summed E-state index contributed by atoms with van der Waals surface area (Å²) < 4.78 is 6.20. The van der Waals surface area contributed by atoms with Crippen molar-refractivity contribution in [3.63, 3.8) is 0 Å². The Bertz CT molecular complexity index is 909. The third kappa shape index (κ3) is 5.30. The predicted octanol–water partition coefficient (Wildman–Crippen LogP) is 3.98. The third-order valence-corrected chi connectivity index (χ3v) is 7.26. The highest BCUT2D eigenvalue weighted by molar-refractivity contribution is 7.15. The summed E-state index contributed by atoms with van der Waals surface area (Å²) in [6, 6.07) is 3.90. The molecule has 0 bridgehead atoms. The molecule has 7 nitrogen and oxygen atoms in total. The van der Waals surface area contributed by atoms with Crippen LogP contribution in [0.1, 0.15) is 66.9 Å². The largest absolute Gasteiger partial charge is 0.489 e. The van der Waals surface area contributed by atoms with E-state index < -0.39 is 0 Å². The van der Waals surface area contributed by atoms with Crippen LogP contribution in [0, 0.1) is 6.92 Å². The van der Waals surface area contributed by atoms with Crippen molar-refractivity contribution in [1.29, 1.82) is 0 Å². The Hall–Kier alpha value is -2.32. The molecule has 0 unspecified atom stereocenters. The fourth-order valence-corrected chi connectivity index (χ4v) is 5.38. The van der Waals surface area contributed by atoms with Gasteiger partial charge in [0.2, 0.25) is 0 Å². The fourth-order valence-electron chi connectivity index (χ4n) is 4.33. The maximum atomic E-state index is 6.50. The minimum Gasteiger partial charge on any atom is -0.489 e. The number of aromatic nitrogens is 2. The second-order valence-electron chi connectivity index (χ2n) is 8.58. The summed E-state index contributed by atoms with van der Waals surface area (Å²) in [7, 11) is 1.80. The second-order valence-corrected chi connectivity index (χ2v) is 9.66. The van der Waals surface area contributed by atoms with E-state index in [1.54, 1.807) is 23.4 Å². The fraction of sp³-hybridized carbons (Fsp3) is 0.565.